The molecule has 0 heterocycles. The van der Waals surface area contributed by atoms with Gasteiger partial charge in [-0.25, -0.2) is 19.2 Å². The summed E-state index contributed by atoms with van der Waals surface area (Å²) in [6.45, 7) is 2.27. The highest BCUT2D eigenvalue weighted by atomic mass is 16.5. The van der Waals surface area contributed by atoms with Crippen LogP contribution in [0, 0.1) is 0 Å². The van der Waals surface area contributed by atoms with Crippen LogP contribution >= 0.6 is 0 Å². The van der Waals surface area contributed by atoms with Crippen molar-refractivity contribution in [2.45, 2.75) is 25.9 Å². The lowest BCUT2D eigenvalue weighted by Gasteiger charge is -2.16. The lowest BCUT2D eigenvalue weighted by molar-refractivity contribution is -0.128. The van der Waals surface area contributed by atoms with Crippen molar-refractivity contribution in [3.05, 3.63) is 82.9 Å². The molecule has 0 aliphatic rings. The molecule has 3 rings (SSSR count). The van der Waals surface area contributed by atoms with Gasteiger partial charge >= 0.3 is 23.9 Å². The van der Waals surface area contributed by atoms with Gasteiger partial charge in [0.25, 0.3) is 11.8 Å². The Morgan fingerprint density at radius 2 is 0.827 bits per heavy atom. The molecular weight excluding hydrogens is 684 g/mol. The Balaban J connectivity index is 1.79. The summed E-state index contributed by atoms with van der Waals surface area (Å²) in [6.07, 6.45) is 0. The molecule has 52 heavy (non-hydrogen) atoms. The third-order valence-corrected chi connectivity index (χ3v) is 6.97. The molecule has 0 radical (unpaired) electrons. The highest BCUT2D eigenvalue weighted by Gasteiger charge is 2.26. The first-order valence-electron chi connectivity index (χ1n) is 14.9. The number of Topliss-reactive ketones (excluding diaryl/α,β-unsaturated/α-hetero) is 2. The summed E-state index contributed by atoms with van der Waals surface area (Å²) in [5.74, 6) is -6.44. The van der Waals surface area contributed by atoms with E-state index in [0.717, 1.165) is 42.3 Å². The van der Waals surface area contributed by atoms with E-state index in [9.17, 15) is 38.4 Å². The van der Waals surface area contributed by atoms with Crippen molar-refractivity contribution in [1.29, 1.82) is 0 Å². The number of rotatable bonds is 14. The molecule has 0 aliphatic carbocycles. The molecule has 3 aromatic carbocycles. The van der Waals surface area contributed by atoms with Crippen molar-refractivity contribution in [1.82, 2.24) is 0 Å². The molecule has 0 spiro atoms. The monoisotopic (exact) mass is 716 g/mol. The number of ketones is 2. The number of anilines is 2. The normalized spacial score (nSPS) is 12.0. The number of benzene rings is 3. The smallest absolute Gasteiger partial charge is 0.340 e. The number of carbonyl (C=O) groups is 8. The van der Waals surface area contributed by atoms with E-state index < -0.39 is 59.3 Å². The molecule has 2 atom stereocenters. The van der Waals surface area contributed by atoms with Crippen LogP contribution in [-0.2, 0) is 38.1 Å². The third kappa shape index (κ3) is 10.0. The van der Waals surface area contributed by atoms with Gasteiger partial charge in [0.1, 0.15) is 11.4 Å². The number of nitrogens with zero attached hydrogens (tertiary/aromatic N) is 4. The summed E-state index contributed by atoms with van der Waals surface area (Å²) in [6, 6.07) is 10.1. The first-order chi connectivity index (χ1) is 24.7. The molecule has 3 aromatic rings. The van der Waals surface area contributed by atoms with Crippen molar-refractivity contribution in [2.24, 2.45) is 20.5 Å². The van der Waals surface area contributed by atoms with E-state index in [1.54, 1.807) is 0 Å². The van der Waals surface area contributed by atoms with Crippen molar-refractivity contribution < 1.29 is 57.3 Å². The van der Waals surface area contributed by atoms with E-state index in [-0.39, 0.29) is 45.0 Å². The second-order valence-corrected chi connectivity index (χ2v) is 10.5. The molecule has 18 nitrogen and oxygen atoms in total. The number of hydrogen-bond acceptors (Lipinski definition) is 16. The average molecular weight is 717 g/mol. The Labute approximate surface area is 295 Å². The summed E-state index contributed by atoms with van der Waals surface area (Å²) in [4.78, 5) is 99.0. The zero-order valence-corrected chi connectivity index (χ0v) is 28.6. The number of methoxy groups -OCH3 is 4. The van der Waals surface area contributed by atoms with E-state index in [4.69, 9.17) is 9.47 Å². The maximum atomic E-state index is 13.0. The second kappa shape index (κ2) is 18.1. The fourth-order valence-electron chi connectivity index (χ4n) is 4.28. The Morgan fingerprint density at radius 1 is 0.500 bits per heavy atom. The van der Waals surface area contributed by atoms with Crippen molar-refractivity contribution in [3.63, 3.8) is 0 Å². The van der Waals surface area contributed by atoms with Gasteiger partial charge in [-0.1, -0.05) is 0 Å². The largest absolute Gasteiger partial charge is 0.465 e. The van der Waals surface area contributed by atoms with Crippen LogP contribution in [0.4, 0.5) is 22.7 Å². The molecule has 0 aromatic heterocycles. The Morgan fingerprint density at radius 3 is 1.12 bits per heavy atom. The predicted octanol–water partition coefficient (Wildman–Crippen LogP) is 4.19. The highest BCUT2D eigenvalue weighted by Crippen LogP contribution is 2.25. The average Bonchev–Trinajstić information content (AvgIpc) is 3.15. The Bertz CT molecular complexity index is 1830. The number of esters is 4. The van der Waals surface area contributed by atoms with Gasteiger partial charge in [0, 0.05) is 11.4 Å². The molecule has 2 unspecified atom stereocenters. The number of ether oxygens (including phenoxy) is 4. The minimum Gasteiger partial charge on any atom is -0.465 e. The molecule has 0 bridgehead atoms. The molecule has 0 saturated carbocycles. The van der Waals surface area contributed by atoms with Gasteiger partial charge in [-0.3, -0.25) is 19.2 Å². The second-order valence-electron chi connectivity index (χ2n) is 10.5. The van der Waals surface area contributed by atoms with Crippen LogP contribution in [-0.4, -0.2) is 87.8 Å². The van der Waals surface area contributed by atoms with Gasteiger partial charge in [-0.2, -0.15) is 0 Å². The molecule has 18 heteroatoms. The quantitative estimate of drug-likeness (QED) is 0.103. The van der Waals surface area contributed by atoms with Crippen molar-refractivity contribution >= 4 is 70.0 Å². The van der Waals surface area contributed by atoms with Gasteiger partial charge < -0.3 is 29.6 Å². The summed E-state index contributed by atoms with van der Waals surface area (Å²) in [7, 11) is 4.56. The molecule has 0 aliphatic heterocycles. The van der Waals surface area contributed by atoms with Crippen LogP contribution < -0.4 is 10.6 Å². The van der Waals surface area contributed by atoms with Gasteiger partial charge in [-0.05, 0) is 74.5 Å². The van der Waals surface area contributed by atoms with Gasteiger partial charge in [0.15, 0.2) is 23.7 Å². The van der Waals surface area contributed by atoms with Gasteiger partial charge in [-0.15, -0.1) is 20.5 Å². The number of carbonyl (C=O) groups excluding carboxylic acids is 8. The summed E-state index contributed by atoms with van der Waals surface area (Å²) in [5, 5.41) is 20.2. The Kier molecular flexibility index (Phi) is 13.8. The lowest BCUT2D eigenvalue weighted by Crippen LogP contribution is -2.35. The number of nitrogens with one attached hydrogen (secondary N) is 2. The zero-order chi connectivity index (χ0) is 38.5. The van der Waals surface area contributed by atoms with E-state index in [2.05, 4.69) is 40.6 Å². The fourth-order valence-corrected chi connectivity index (χ4v) is 4.28. The highest BCUT2D eigenvalue weighted by molar-refractivity contribution is 6.08. The molecular formula is C34H32N6O12. The fraction of sp³-hybridized carbons (Fsp3) is 0.235. The summed E-state index contributed by atoms with van der Waals surface area (Å²) >= 11 is 0. The lowest BCUT2D eigenvalue weighted by atomic mass is 10.1. The maximum absolute atomic E-state index is 13.0. The van der Waals surface area contributed by atoms with E-state index in [0.29, 0.717) is 0 Å². The first-order valence-corrected chi connectivity index (χ1v) is 14.9. The molecule has 0 saturated heterocycles. The maximum Gasteiger partial charge on any atom is 0.340 e. The van der Waals surface area contributed by atoms with Crippen LogP contribution in [0.2, 0.25) is 0 Å². The van der Waals surface area contributed by atoms with Crippen molar-refractivity contribution in [2.75, 3.05) is 39.1 Å². The minimum atomic E-state index is -1.52. The van der Waals surface area contributed by atoms with Crippen molar-refractivity contribution in [3.8, 4) is 0 Å². The summed E-state index contributed by atoms with van der Waals surface area (Å²) < 4.78 is 18.7. The van der Waals surface area contributed by atoms with E-state index >= 15 is 0 Å². The Hall–Kier alpha value is -6.98. The van der Waals surface area contributed by atoms with Crippen LogP contribution in [0.3, 0.4) is 0 Å². The first kappa shape index (κ1) is 39.5. The SMILES string of the molecule is COC(=O)c1ccc(C(=O)OC)c(N=NC(=O)C(Nc2ccc(NC(C(C)=O)C(=O)N=Nc3cc(C(=O)OC)ccc3C(=O)OC)cc2)C(C)=O)c1. The molecule has 270 valence electrons. The van der Waals surface area contributed by atoms with Crippen LogP contribution in [0.15, 0.2) is 81.1 Å². The van der Waals surface area contributed by atoms with Crippen LogP contribution in [0.1, 0.15) is 55.3 Å². The summed E-state index contributed by atoms with van der Waals surface area (Å²) in [5.41, 5.74) is -0.0499. The third-order valence-electron chi connectivity index (χ3n) is 6.97. The topological polar surface area (TPSA) is 247 Å². The van der Waals surface area contributed by atoms with Gasteiger partial charge in [0.05, 0.1) is 50.7 Å². The van der Waals surface area contributed by atoms with Crippen LogP contribution in [0.25, 0.3) is 0 Å². The number of hydrogen-bond donors (Lipinski definition) is 2. The van der Waals surface area contributed by atoms with E-state index in [1.807, 2.05) is 0 Å². The zero-order valence-electron chi connectivity index (χ0n) is 28.6. The minimum absolute atomic E-state index is 0.0152. The van der Waals surface area contributed by atoms with E-state index in [1.165, 1.54) is 60.7 Å². The molecule has 2 amide bonds. The predicted molar refractivity (Wildman–Crippen MR) is 180 cm³/mol. The van der Waals surface area contributed by atoms with Crippen LogP contribution in [0.5, 0.6) is 0 Å². The standard InChI is InChI=1S/C34H32N6O12/c1-17(41)27(29(43)39-37-25-15-19(31(45)49-3)7-13-23(25)33(47)51-5)35-21-9-11-22(12-10-21)36-28(18(2)42)30(44)40-38-26-16-20(32(46)50-4)8-14-24(26)34(48)52-6/h7-16,27-28,35-36H,1-6H3. The molecule has 0 fully saturated rings. The van der Waals surface area contributed by atoms with Gasteiger partial charge in [0.2, 0.25) is 0 Å². The number of amides is 2. The molecule has 2 N–H and O–H groups in total. The number of azo groups is 2.